The molecule has 20 heavy (non-hydrogen) atoms. The lowest BCUT2D eigenvalue weighted by atomic mass is 9.98. The van der Waals surface area contributed by atoms with Gasteiger partial charge in [-0.3, -0.25) is 0 Å². The van der Waals surface area contributed by atoms with Gasteiger partial charge >= 0.3 is 5.97 Å². The van der Waals surface area contributed by atoms with Gasteiger partial charge in [0.15, 0.2) is 11.5 Å². The van der Waals surface area contributed by atoms with E-state index in [-0.39, 0.29) is 17.3 Å². The lowest BCUT2D eigenvalue weighted by Crippen LogP contribution is -2.25. The van der Waals surface area contributed by atoms with Crippen molar-refractivity contribution < 1.29 is 19.1 Å². The van der Waals surface area contributed by atoms with E-state index in [1.807, 2.05) is 37.3 Å². The second-order valence-electron chi connectivity index (χ2n) is 4.66. The Balaban J connectivity index is 2.58. The molecule has 0 saturated heterocycles. The number of ether oxygens (including phenoxy) is 1. The summed E-state index contributed by atoms with van der Waals surface area (Å²) < 4.78 is 11.1. The van der Waals surface area contributed by atoms with Crippen LogP contribution in [0.3, 0.4) is 0 Å². The van der Waals surface area contributed by atoms with Crippen molar-refractivity contribution in [3.8, 4) is 11.5 Å². The van der Waals surface area contributed by atoms with Gasteiger partial charge in [-0.25, -0.2) is 9.78 Å². The van der Waals surface area contributed by atoms with Gasteiger partial charge in [0.2, 0.25) is 5.89 Å². The van der Waals surface area contributed by atoms with Crippen molar-refractivity contribution in [2.24, 2.45) is 0 Å². The second kappa shape index (κ2) is 5.46. The van der Waals surface area contributed by atoms with Crippen LogP contribution in [-0.4, -0.2) is 23.2 Å². The number of carboxylic acid groups (broad SMARTS) is 1. The number of benzene rings is 1. The highest BCUT2D eigenvalue weighted by Gasteiger charge is 2.35. The highest BCUT2D eigenvalue weighted by atomic mass is 16.5. The maximum atomic E-state index is 11.4. The van der Waals surface area contributed by atoms with Crippen LogP contribution in [-0.2, 0) is 10.3 Å². The standard InChI is InChI=1S/C15H17NO4/c1-4-15(2,19-3)12-11(14(17)18)16-13(20-12)10-8-6-5-7-9-10/h5-9H,4H2,1-3H3,(H,17,18). The Morgan fingerprint density at radius 3 is 2.55 bits per heavy atom. The average molecular weight is 275 g/mol. The largest absolute Gasteiger partial charge is 0.476 e. The van der Waals surface area contributed by atoms with E-state index < -0.39 is 11.6 Å². The summed E-state index contributed by atoms with van der Waals surface area (Å²) in [5.74, 6) is -0.591. The summed E-state index contributed by atoms with van der Waals surface area (Å²) in [5, 5.41) is 9.30. The van der Waals surface area contributed by atoms with Crippen molar-refractivity contribution in [3.05, 3.63) is 41.8 Å². The number of methoxy groups -OCH3 is 1. The molecule has 5 nitrogen and oxygen atoms in total. The minimum atomic E-state index is -1.12. The van der Waals surface area contributed by atoms with Crippen molar-refractivity contribution in [2.45, 2.75) is 25.9 Å². The maximum Gasteiger partial charge on any atom is 0.358 e. The summed E-state index contributed by atoms with van der Waals surface area (Å²) in [4.78, 5) is 15.5. The minimum absolute atomic E-state index is 0.102. The Hall–Kier alpha value is -2.14. The third-order valence-corrected chi connectivity index (χ3v) is 3.46. The lowest BCUT2D eigenvalue weighted by Gasteiger charge is -2.24. The number of rotatable bonds is 5. The Morgan fingerprint density at radius 2 is 2.05 bits per heavy atom. The summed E-state index contributed by atoms with van der Waals surface area (Å²) in [6.07, 6.45) is 0.577. The van der Waals surface area contributed by atoms with Gasteiger partial charge in [-0.2, -0.15) is 0 Å². The van der Waals surface area contributed by atoms with E-state index in [1.54, 1.807) is 6.92 Å². The van der Waals surface area contributed by atoms with Gasteiger partial charge in [0, 0.05) is 12.7 Å². The molecule has 1 unspecified atom stereocenters. The van der Waals surface area contributed by atoms with Crippen molar-refractivity contribution in [1.29, 1.82) is 0 Å². The lowest BCUT2D eigenvalue weighted by molar-refractivity contribution is -0.0197. The van der Waals surface area contributed by atoms with E-state index in [1.165, 1.54) is 7.11 Å². The van der Waals surface area contributed by atoms with Crippen molar-refractivity contribution in [2.75, 3.05) is 7.11 Å². The van der Waals surface area contributed by atoms with E-state index in [0.29, 0.717) is 6.42 Å². The maximum absolute atomic E-state index is 11.4. The number of carbonyl (C=O) groups is 1. The molecule has 5 heteroatoms. The molecule has 0 spiro atoms. The topological polar surface area (TPSA) is 72.6 Å². The predicted octanol–water partition coefficient (Wildman–Crippen LogP) is 3.31. The molecule has 1 heterocycles. The summed E-state index contributed by atoms with van der Waals surface area (Å²) in [6, 6.07) is 9.19. The van der Waals surface area contributed by atoms with Crippen LogP contribution < -0.4 is 0 Å². The first-order valence-corrected chi connectivity index (χ1v) is 6.37. The first kappa shape index (κ1) is 14.3. The first-order valence-electron chi connectivity index (χ1n) is 6.37. The molecule has 2 aromatic rings. The molecule has 0 fully saturated rings. The zero-order valence-corrected chi connectivity index (χ0v) is 11.7. The van der Waals surface area contributed by atoms with Crippen LogP contribution in [0.25, 0.3) is 11.5 Å². The third-order valence-electron chi connectivity index (χ3n) is 3.46. The number of oxazole rings is 1. The van der Waals surface area contributed by atoms with Gasteiger partial charge in [0.05, 0.1) is 0 Å². The molecule has 0 amide bonds. The molecule has 0 saturated carbocycles. The van der Waals surface area contributed by atoms with Gasteiger partial charge in [0.25, 0.3) is 0 Å². The molecular formula is C15H17NO4. The molecule has 0 aliphatic heterocycles. The number of aromatic nitrogens is 1. The summed E-state index contributed by atoms with van der Waals surface area (Å²) in [6.45, 7) is 3.69. The molecule has 0 aliphatic carbocycles. The van der Waals surface area contributed by atoms with Crippen LogP contribution in [0.15, 0.2) is 34.7 Å². The fraction of sp³-hybridized carbons (Fsp3) is 0.333. The molecule has 1 atom stereocenters. The number of aromatic carboxylic acids is 1. The first-order chi connectivity index (χ1) is 9.51. The molecule has 1 aromatic heterocycles. The average Bonchev–Trinajstić information content (AvgIpc) is 2.93. The molecule has 1 N–H and O–H groups in total. The number of nitrogens with zero attached hydrogens (tertiary/aromatic N) is 1. The Morgan fingerprint density at radius 1 is 1.40 bits per heavy atom. The van der Waals surface area contributed by atoms with Crippen LogP contribution in [0.4, 0.5) is 0 Å². The Labute approximate surface area is 117 Å². The Kier molecular flexibility index (Phi) is 3.90. The molecule has 106 valence electrons. The van der Waals surface area contributed by atoms with Crippen LogP contribution >= 0.6 is 0 Å². The summed E-state index contributed by atoms with van der Waals surface area (Å²) >= 11 is 0. The number of carboxylic acids is 1. The highest BCUT2D eigenvalue weighted by Crippen LogP contribution is 2.34. The van der Waals surface area contributed by atoms with Crippen molar-refractivity contribution >= 4 is 5.97 Å². The van der Waals surface area contributed by atoms with Crippen molar-refractivity contribution in [3.63, 3.8) is 0 Å². The van der Waals surface area contributed by atoms with Crippen LogP contribution in [0.2, 0.25) is 0 Å². The molecule has 0 bridgehead atoms. The van der Waals surface area contributed by atoms with E-state index in [9.17, 15) is 9.90 Å². The quantitative estimate of drug-likeness (QED) is 0.906. The number of hydrogen-bond acceptors (Lipinski definition) is 4. The zero-order valence-electron chi connectivity index (χ0n) is 11.7. The normalized spacial score (nSPS) is 13.9. The fourth-order valence-corrected chi connectivity index (χ4v) is 1.93. The van der Waals surface area contributed by atoms with Gasteiger partial charge in [-0.15, -0.1) is 0 Å². The van der Waals surface area contributed by atoms with Gasteiger partial charge in [0.1, 0.15) is 5.60 Å². The predicted molar refractivity (Wildman–Crippen MR) is 73.6 cm³/mol. The van der Waals surface area contributed by atoms with E-state index in [4.69, 9.17) is 9.15 Å². The third kappa shape index (κ3) is 2.44. The van der Waals surface area contributed by atoms with Crippen LogP contribution in [0.1, 0.15) is 36.5 Å². The summed E-state index contributed by atoms with van der Waals surface area (Å²) in [7, 11) is 1.53. The van der Waals surface area contributed by atoms with E-state index >= 15 is 0 Å². The highest BCUT2D eigenvalue weighted by molar-refractivity contribution is 5.87. The smallest absolute Gasteiger partial charge is 0.358 e. The molecule has 2 rings (SSSR count). The molecule has 0 aliphatic rings. The fourth-order valence-electron chi connectivity index (χ4n) is 1.93. The Bertz CT molecular complexity index is 600. The second-order valence-corrected chi connectivity index (χ2v) is 4.66. The zero-order chi connectivity index (χ0) is 14.8. The molecule has 1 aromatic carbocycles. The minimum Gasteiger partial charge on any atom is -0.476 e. The monoisotopic (exact) mass is 275 g/mol. The van der Waals surface area contributed by atoms with Crippen LogP contribution in [0, 0.1) is 0 Å². The van der Waals surface area contributed by atoms with Gasteiger partial charge in [-0.1, -0.05) is 25.1 Å². The van der Waals surface area contributed by atoms with Gasteiger partial charge < -0.3 is 14.3 Å². The van der Waals surface area contributed by atoms with Crippen molar-refractivity contribution in [1.82, 2.24) is 4.98 Å². The van der Waals surface area contributed by atoms with E-state index in [0.717, 1.165) is 5.56 Å². The summed E-state index contributed by atoms with van der Waals surface area (Å²) in [5.41, 5.74) is -0.181. The molecular weight excluding hydrogens is 258 g/mol. The molecule has 0 radical (unpaired) electrons. The van der Waals surface area contributed by atoms with Crippen LogP contribution in [0.5, 0.6) is 0 Å². The van der Waals surface area contributed by atoms with Gasteiger partial charge in [-0.05, 0) is 25.5 Å². The van der Waals surface area contributed by atoms with E-state index in [2.05, 4.69) is 4.98 Å². The number of hydrogen-bond donors (Lipinski definition) is 1. The SMILES string of the molecule is CCC(C)(OC)c1oc(-c2ccccc2)nc1C(=O)O.